The van der Waals surface area contributed by atoms with E-state index in [1.54, 1.807) is 0 Å². The zero-order valence-corrected chi connectivity index (χ0v) is 7.36. The van der Waals surface area contributed by atoms with E-state index in [2.05, 4.69) is 4.98 Å². The summed E-state index contributed by atoms with van der Waals surface area (Å²) in [6.45, 7) is 0. The first-order valence-electron chi connectivity index (χ1n) is 3.78. The van der Waals surface area contributed by atoms with Crippen molar-refractivity contribution in [2.75, 3.05) is 0 Å². The van der Waals surface area contributed by atoms with Crippen molar-refractivity contribution in [2.45, 2.75) is 12.6 Å². The Hall–Kier alpha value is -1.60. The first-order valence-corrected chi connectivity index (χ1v) is 3.78. The van der Waals surface area contributed by atoms with Gasteiger partial charge in [0.1, 0.15) is 0 Å². The first kappa shape index (κ1) is 12.5. The molecule has 0 aliphatic rings. The van der Waals surface area contributed by atoms with Gasteiger partial charge < -0.3 is 0 Å². The molecule has 88 valence electrons. The van der Waals surface area contributed by atoms with Gasteiger partial charge in [-0.3, -0.25) is 4.79 Å². The topological polar surface area (TPSA) is 30.0 Å². The van der Waals surface area contributed by atoms with Crippen molar-refractivity contribution in [3.8, 4) is 0 Å². The molecule has 0 bridgehead atoms. The van der Waals surface area contributed by atoms with E-state index >= 15 is 0 Å². The lowest BCUT2D eigenvalue weighted by Gasteiger charge is -2.11. The zero-order chi connectivity index (χ0) is 12.5. The van der Waals surface area contributed by atoms with E-state index in [0.717, 1.165) is 0 Å². The molecular weight excluding hydrogens is 240 g/mol. The molecule has 0 N–H and O–H groups in total. The highest BCUT2D eigenvalue weighted by Crippen LogP contribution is 2.34. The predicted molar refractivity (Wildman–Crippen MR) is 39.5 cm³/mol. The molecule has 0 atom stereocenters. The van der Waals surface area contributed by atoms with Crippen LogP contribution in [0.3, 0.4) is 0 Å². The van der Waals surface area contributed by atoms with Gasteiger partial charge >= 0.3 is 6.18 Å². The van der Waals surface area contributed by atoms with Crippen LogP contribution >= 0.6 is 0 Å². The van der Waals surface area contributed by atoms with E-state index in [-0.39, 0.29) is 12.5 Å². The summed E-state index contributed by atoms with van der Waals surface area (Å²) in [5, 5.41) is 0. The van der Waals surface area contributed by atoms with E-state index in [0.29, 0.717) is 0 Å². The third-order valence-electron chi connectivity index (χ3n) is 1.70. The molecule has 1 rings (SSSR count). The SMILES string of the molecule is O=Cc1cnc(C(F)(F)F)c(F)c1C(F)F. The maximum atomic E-state index is 13.0. The van der Waals surface area contributed by atoms with Crippen LogP contribution in [0.25, 0.3) is 0 Å². The Labute approximate surface area is 84.9 Å². The van der Waals surface area contributed by atoms with Crippen molar-refractivity contribution >= 4 is 6.29 Å². The molecule has 0 radical (unpaired) electrons. The van der Waals surface area contributed by atoms with Crippen LogP contribution in [-0.4, -0.2) is 11.3 Å². The summed E-state index contributed by atoms with van der Waals surface area (Å²) in [7, 11) is 0. The van der Waals surface area contributed by atoms with Crippen LogP contribution in [-0.2, 0) is 6.18 Å². The molecule has 1 aromatic heterocycles. The van der Waals surface area contributed by atoms with E-state index < -0.39 is 35.2 Å². The summed E-state index contributed by atoms with van der Waals surface area (Å²) in [6.07, 6.45) is -8.63. The number of halogens is 6. The fraction of sp³-hybridized carbons (Fsp3) is 0.250. The minimum Gasteiger partial charge on any atom is -0.298 e. The number of carbonyl (C=O) groups is 1. The molecule has 2 nitrogen and oxygen atoms in total. The number of nitrogens with zero attached hydrogens (tertiary/aromatic N) is 1. The molecule has 0 saturated carbocycles. The van der Waals surface area contributed by atoms with E-state index in [1.165, 1.54) is 0 Å². The summed E-state index contributed by atoms with van der Waals surface area (Å²) in [5.74, 6) is -2.22. The lowest BCUT2D eigenvalue weighted by molar-refractivity contribution is -0.143. The van der Waals surface area contributed by atoms with Crippen molar-refractivity contribution in [3.05, 3.63) is 28.8 Å². The molecule has 0 spiro atoms. The second kappa shape index (κ2) is 4.11. The Morgan fingerprint density at radius 3 is 2.25 bits per heavy atom. The van der Waals surface area contributed by atoms with Gasteiger partial charge in [0.05, 0.1) is 5.56 Å². The Kier molecular flexibility index (Phi) is 3.20. The lowest BCUT2D eigenvalue weighted by Crippen LogP contribution is -2.14. The number of aldehydes is 1. The molecule has 0 aliphatic heterocycles. The van der Waals surface area contributed by atoms with E-state index in [9.17, 15) is 31.1 Å². The van der Waals surface area contributed by atoms with Crippen molar-refractivity contribution in [3.63, 3.8) is 0 Å². The van der Waals surface area contributed by atoms with E-state index in [4.69, 9.17) is 0 Å². The molecular formula is C8H3F6NO. The van der Waals surface area contributed by atoms with Gasteiger partial charge in [0.15, 0.2) is 17.8 Å². The van der Waals surface area contributed by atoms with Gasteiger partial charge in [0.2, 0.25) is 0 Å². The largest absolute Gasteiger partial charge is 0.436 e. The van der Waals surface area contributed by atoms with Crippen molar-refractivity contribution < 1.29 is 31.1 Å². The second-order valence-electron chi connectivity index (χ2n) is 2.71. The lowest BCUT2D eigenvalue weighted by atomic mass is 10.1. The summed E-state index contributed by atoms with van der Waals surface area (Å²) >= 11 is 0. The third kappa shape index (κ3) is 2.15. The highest BCUT2D eigenvalue weighted by molar-refractivity contribution is 5.77. The highest BCUT2D eigenvalue weighted by atomic mass is 19.4. The number of alkyl halides is 5. The van der Waals surface area contributed by atoms with Gasteiger partial charge in [0.25, 0.3) is 6.43 Å². The highest BCUT2D eigenvalue weighted by Gasteiger charge is 2.39. The monoisotopic (exact) mass is 243 g/mol. The summed E-state index contributed by atoms with van der Waals surface area (Å²) in [6, 6.07) is 0. The van der Waals surface area contributed by atoms with Crippen LogP contribution in [0, 0.1) is 5.82 Å². The molecule has 16 heavy (non-hydrogen) atoms. The van der Waals surface area contributed by atoms with Crippen LogP contribution in [0.1, 0.15) is 28.0 Å². The average molecular weight is 243 g/mol. The van der Waals surface area contributed by atoms with Crippen molar-refractivity contribution in [2.24, 2.45) is 0 Å². The van der Waals surface area contributed by atoms with Gasteiger partial charge in [-0.2, -0.15) is 13.2 Å². The van der Waals surface area contributed by atoms with Crippen LogP contribution in [0.5, 0.6) is 0 Å². The maximum absolute atomic E-state index is 13.0. The van der Waals surface area contributed by atoms with Crippen molar-refractivity contribution in [1.29, 1.82) is 0 Å². The Bertz CT molecular complexity index is 414. The van der Waals surface area contributed by atoms with Crippen LogP contribution < -0.4 is 0 Å². The number of hydrogen-bond acceptors (Lipinski definition) is 2. The second-order valence-corrected chi connectivity index (χ2v) is 2.71. The minimum atomic E-state index is -5.19. The number of carbonyl (C=O) groups excluding carboxylic acids is 1. The normalized spacial score (nSPS) is 11.9. The zero-order valence-electron chi connectivity index (χ0n) is 7.36. The Morgan fingerprint density at radius 2 is 1.88 bits per heavy atom. The molecule has 8 heteroatoms. The number of pyridine rings is 1. The van der Waals surface area contributed by atoms with E-state index in [1.807, 2.05) is 0 Å². The minimum absolute atomic E-state index is 0.183. The summed E-state index contributed by atoms with van der Waals surface area (Å²) in [5.41, 5.74) is -4.55. The molecule has 0 unspecified atom stereocenters. The van der Waals surface area contributed by atoms with Gasteiger partial charge in [0, 0.05) is 11.8 Å². The quantitative estimate of drug-likeness (QED) is 0.590. The van der Waals surface area contributed by atoms with Crippen LogP contribution in [0.2, 0.25) is 0 Å². The number of aromatic nitrogens is 1. The van der Waals surface area contributed by atoms with Gasteiger partial charge in [-0.15, -0.1) is 0 Å². The maximum Gasteiger partial charge on any atom is 0.436 e. The fourth-order valence-corrected chi connectivity index (χ4v) is 1.03. The molecule has 0 amide bonds. The molecule has 0 fully saturated rings. The molecule has 0 aromatic carbocycles. The average Bonchev–Trinajstić information content (AvgIpc) is 2.14. The Balaban J connectivity index is 3.50. The number of hydrogen-bond donors (Lipinski definition) is 0. The van der Waals surface area contributed by atoms with Gasteiger partial charge in [-0.05, 0) is 0 Å². The fourth-order valence-electron chi connectivity index (χ4n) is 1.03. The summed E-state index contributed by atoms with van der Waals surface area (Å²) in [4.78, 5) is 12.8. The molecule has 0 aliphatic carbocycles. The standard InChI is InChI=1S/C8H3F6NO/c9-5-4(7(10)11)3(2-16)1-15-6(5)8(12,13)14/h1-2,7H. The smallest absolute Gasteiger partial charge is 0.298 e. The molecule has 1 heterocycles. The first-order chi connectivity index (χ1) is 7.29. The van der Waals surface area contributed by atoms with Crippen LogP contribution in [0.4, 0.5) is 26.3 Å². The third-order valence-corrected chi connectivity index (χ3v) is 1.70. The van der Waals surface area contributed by atoms with Gasteiger partial charge in [-0.25, -0.2) is 18.2 Å². The summed E-state index contributed by atoms with van der Waals surface area (Å²) < 4.78 is 73.8. The molecule has 1 aromatic rings. The number of rotatable bonds is 2. The Morgan fingerprint density at radius 1 is 1.31 bits per heavy atom. The predicted octanol–water partition coefficient (Wildman–Crippen LogP) is 2.99. The van der Waals surface area contributed by atoms with Gasteiger partial charge in [-0.1, -0.05) is 0 Å². The van der Waals surface area contributed by atoms with Crippen molar-refractivity contribution in [1.82, 2.24) is 4.98 Å². The van der Waals surface area contributed by atoms with Crippen LogP contribution in [0.15, 0.2) is 6.20 Å². The molecule has 0 saturated heterocycles.